The maximum atomic E-state index is 11.9. The van der Waals surface area contributed by atoms with Crippen molar-refractivity contribution in [2.45, 2.75) is 57.7 Å². The Kier molecular flexibility index (Phi) is 4.81. The van der Waals surface area contributed by atoms with Gasteiger partial charge in [0.2, 0.25) is 5.91 Å². The highest BCUT2D eigenvalue weighted by molar-refractivity contribution is 5.81. The maximum absolute atomic E-state index is 11.9. The third-order valence-electron chi connectivity index (χ3n) is 3.50. The summed E-state index contributed by atoms with van der Waals surface area (Å²) in [4.78, 5) is 11.9. The molecule has 18 heavy (non-hydrogen) atoms. The topological polar surface area (TPSA) is 54.3 Å². The number of carbonyl (C=O) groups is 1. The maximum Gasteiger partial charge on any atom is 0.237 e. The molecule has 1 atom stereocenters. The summed E-state index contributed by atoms with van der Waals surface area (Å²) in [5.41, 5.74) is 0. The summed E-state index contributed by atoms with van der Waals surface area (Å²) in [7, 11) is 0. The molecule has 0 radical (unpaired) electrons. The Balaban J connectivity index is 1.70. The normalized spacial score (nSPS) is 18.5. The number of carbonyl (C=O) groups excluding carboxylic acids is 1. The molecule has 1 aliphatic carbocycles. The predicted molar refractivity (Wildman–Crippen MR) is 70.0 cm³/mol. The van der Waals surface area contributed by atoms with Gasteiger partial charge in [-0.25, -0.2) is 0 Å². The van der Waals surface area contributed by atoms with Gasteiger partial charge >= 0.3 is 0 Å². The Morgan fingerprint density at radius 1 is 1.44 bits per heavy atom. The van der Waals surface area contributed by atoms with Gasteiger partial charge in [-0.1, -0.05) is 19.3 Å². The van der Waals surface area contributed by atoms with Crippen molar-refractivity contribution in [2.24, 2.45) is 0 Å². The van der Waals surface area contributed by atoms with Gasteiger partial charge in [-0.15, -0.1) is 0 Å². The van der Waals surface area contributed by atoms with E-state index in [1.165, 1.54) is 32.1 Å². The van der Waals surface area contributed by atoms with Gasteiger partial charge in [0.25, 0.3) is 0 Å². The monoisotopic (exact) mass is 250 g/mol. The van der Waals surface area contributed by atoms with Crippen molar-refractivity contribution >= 4 is 5.91 Å². The van der Waals surface area contributed by atoms with Crippen LogP contribution in [0.15, 0.2) is 22.8 Å². The fourth-order valence-corrected chi connectivity index (χ4v) is 2.44. The molecule has 2 rings (SSSR count). The van der Waals surface area contributed by atoms with Crippen molar-refractivity contribution in [3.05, 3.63) is 24.2 Å². The van der Waals surface area contributed by atoms with Gasteiger partial charge < -0.3 is 15.1 Å². The minimum Gasteiger partial charge on any atom is -0.467 e. The van der Waals surface area contributed by atoms with E-state index >= 15 is 0 Å². The van der Waals surface area contributed by atoms with Crippen molar-refractivity contribution < 1.29 is 9.21 Å². The molecule has 1 amide bonds. The molecule has 1 unspecified atom stereocenters. The minimum absolute atomic E-state index is 0.0389. The van der Waals surface area contributed by atoms with Gasteiger partial charge in [0.05, 0.1) is 18.8 Å². The van der Waals surface area contributed by atoms with E-state index in [0.717, 1.165) is 5.76 Å². The first kappa shape index (κ1) is 13.1. The largest absolute Gasteiger partial charge is 0.467 e. The number of hydrogen-bond donors (Lipinski definition) is 2. The average molecular weight is 250 g/mol. The van der Waals surface area contributed by atoms with Gasteiger partial charge in [0.1, 0.15) is 5.76 Å². The van der Waals surface area contributed by atoms with Crippen molar-refractivity contribution in [1.82, 2.24) is 10.6 Å². The van der Waals surface area contributed by atoms with E-state index in [0.29, 0.717) is 12.6 Å². The van der Waals surface area contributed by atoms with Crippen molar-refractivity contribution in [3.8, 4) is 0 Å². The summed E-state index contributed by atoms with van der Waals surface area (Å²) in [5, 5.41) is 6.29. The molecule has 0 aliphatic heterocycles. The molecule has 1 saturated carbocycles. The Morgan fingerprint density at radius 3 is 2.89 bits per heavy atom. The lowest BCUT2D eigenvalue weighted by atomic mass is 9.95. The van der Waals surface area contributed by atoms with Gasteiger partial charge in [0.15, 0.2) is 0 Å². The molecular weight excluding hydrogens is 228 g/mol. The molecular formula is C14H22N2O2. The first-order chi connectivity index (χ1) is 8.75. The zero-order chi connectivity index (χ0) is 12.8. The zero-order valence-corrected chi connectivity index (χ0v) is 10.9. The zero-order valence-electron chi connectivity index (χ0n) is 10.9. The number of rotatable bonds is 5. The van der Waals surface area contributed by atoms with Crippen LogP contribution >= 0.6 is 0 Å². The quantitative estimate of drug-likeness (QED) is 0.842. The van der Waals surface area contributed by atoms with Crippen molar-refractivity contribution in [1.29, 1.82) is 0 Å². The highest BCUT2D eigenvalue weighted by Crippen LogP contribution is 2.17. The molecule has 0 aromatic carbocycles. The van der Waals surface area contributed by atoms with Crippen LogP contribution in [-0.2, 0) is 11.3 Å². The number of furan rings is 1. The smallest absolute Gasteiger partial charge is 0.237 e. The lowest BCUT2D eigenvalue weighted by Crippen LogP contribution is -2.46. The van der Waals surface area contributed by atoms with Crippen LogP contribution in [0.4, 0.5) is 0 Å². The molecule has 4 nitrogen and oxygen atoms in total. The lowest BCUT2D eigenvalue weighted by molar-refractivity contribution is -0.123. The van der Waals surface area contributed by atoms with Gasteiger partial charge in [-0.3, -0.25) is 4.79 Å². The van der Waals surface area contributed by atoms with E-state index in [-0.39, 0.29) is 11.9 Å². The molecule has 4 heteroatoms. The lowest BCUT2D eigenvalue weighted by Gasteiger charge is -2.26. The molecule has 100 valence electrons. The second-order valence-corrected chi connectivity index (χ2v) is 5.02. The van der Waals surface area contributed by atoms with E-state index in [1.807, 2.05) is 19.1 Å². The van der Waals surface area contributed by atoms with Gasteiger partial charge in [0, 0.05) is 6.04 Å². The summed E-state index contributed by atoms with van der Waals surface area (Å²) in [6.45, 7) is 2.38. The standard InChI is InChI=1S/C14H22N2O2/c1-11(16-12-6-3-2-4-7-12)14(17)15-10-13-8-5-9-18-13/h5,8-9,11-12,16H,2-4,6-7,10H2,1H3,(H,15,17). The van der Waals surface area contributed by atoms with E-state index < -0.39 is 0 Å². The summed E-state index contributed by atoms with van der Waals surface area (Å²) in [5.74, 6) is 0.824. The van der Waals surface area contributed by atoms with Gasteiger partial charge in [-0.05, 0) is 31.9 Å². The predicted octanol–water partition coefficient (Wildman–Crippen LogP) is 2.21. The SMILES string of the molecule is CC(NC1CCCCC1)C(=O)NCc1ccco1. The Labute approximate surface area is 108 Å². The fourth-order valence-electron chi connectivity index (χ4n) is 2.44. The molecule has 1 heterocycles. The van der Waals surface area contributed by atoms with Crippen LogP contribution in [-0.4, -0.2) is 18.0 Å². The van der Waals surface area contributed by atoms with Crippen molar-refractivity contribution in [3.63, 3.8) is 0 Å². The number of amides is 1. The van der Waals surface area contributed by atoms with E-state index in [1.54, 1.807) is 6.26 Å². The Bertz CT molecular complexity index is 356. The van der Waals surface area contributed by atoms with E-state index in [2.05, 4.69) is 10.6 Å². The Hall–Kier alpha value is -1.29. The first-order valence-electron chi connectivity index (χ1n) is 6.82. The van der Waals surface area contributed by atoms with E-state index in [4.69, 9.17) is 4.42 Å². The molecule has 0 saturated heterocycles. The van der Waals surface area contributed by atoms with Crippen LogP contribution in [0.25, 0.3) is 0 Å². The second kappa shape index (κ2) is 6.59. The van der Waals surface area contributed by atoms with E-state index in [9.17, 15) is 4.79 Å². The second-order valence-electron chi connectivity index (χ2n) is 5.02. The van der Waals surface area contributed by atoms with Crippen LogP contribution < -0.4 is 10.6 Å². The molecule has 1 aromatic heterocycles. The van der Waals surface area contributed by atoms with Crippen molar-refractivity contribution in [2.75, 3.05) is 0 Å². The van der Waals surface area contributed by atoms with Crippen LogP contribution in [0.3, 0.4) is 0 Å². The molecule has 1 aliphatic rings. The first-order valence-corrected chi connectivity index (χ1v) is 6.82. The van der Waals surface area contributed by atoms with Gasteiger partial charge in [-0.2, -0.15) is 0 Å². The summed E-state index contributed by atoms with van der Waals surface area (Å²) < 4.78 is 5.18. The summed E-state index contributed by atoms with van der Waals surface area (Å²) in [6, 6.07) is 4.05. The molecule has 0 bridgehead atoms. The minimum atomic E-state index is -0.136. The average Bonchev–Trinajstić information content (AvgIpc) is 2.90. The third kappa shape index (κ3) is 3.88. The number of nitrogens with one attached hydrogen (secondary N) is 2. The fraction of sp³-hybridized carbons (Fsp3) is 0.643. The Morgan fingerprint density at radius 2 is 2.22 bits per heavy atom. The number of hydrogen-bond acceptors (Lipinski definition) is 3. The highest BCUT2D eigenvalue weighted by atomic mass is 16.3. The van der Waals surface area contributed by atoms with Crippen LogP contribution in [0.1, 0.15) is 44.8 Å². The third-order valence-corrected chi connectivity index (χ3v) is 3.50. The van der Waals surface area contributed by atoms with Crippen LogP contribution in [0.5, 0.6) is 0 Å². The summed E-state index contributed by atoms with van der Waals surface area (Å²) in [6.07, 6.45) is 7.88. The summed E-state index contributed by atoms with van der Waals surface area (Å²) >= 11 is 0. The molecule has 2 N–H and O–H groups in total. The van der Waals surface area contributed by atoms with Crippen LogP contribution in [0.2, 0.25) is 0 Å². The van der Waals surface area contributed by atoms with Crippen LogP contribution in [0, 0.1) is 0 Å². The highest BCUT2D eigenvalue weighted by Gasteiger charge is 2.19. The molecule has 1 fully saturated rings. The molecule has 0 spiro atoms. The molecule has 1 aromatic rings.